The summed E-state index contributed by atoms with van der Waals surface area (Å²) >= 11 is 0. The van der Waals surface area contributed by atoms with Crippen LogP contribution < -0.4 is 10.0 Å². The number of furan rings is 1. The fraction of sp³-hybridized carbons (Fsp3) is 0.136. The quantitative estimate of drug-likeness (QED) is 0.418. The number of hydrogen-bond acceptors (Lipinski definition) is 5. The number of halogens is 2. The van der Waals surface area contributed by atoms with Crippen molar-refractivity contribution in [3.05, 3.63) is 83.8 Å². The highest BCUT2D eigenvalue weighted by Crippen LogP contribution is 2.28. The van der Waals surface area contributed by atoms with E-state index in [1.54, 1.807) is 30.3 Å². The molecule has 0 bridgehead atoms. The van der Waals surface area contributed by atoms with Crippen LogP contribution in [0.2, 0.25) is 0 Å². The summed E-state index contributed by atoms with van der Waals surface area (Å²) in [6.07, 6.45) is 0. The van der Waals surface area contributed by atoms with Gasteiger partial charge in [0, 0.05) is 11.5 Å². The lowest BCUT2D eigenvalue weighted by atomic mass is 10.2. The van der Waals surface area contributed by atoms with Gasteiger partial charge in [0.2, 0.25) is 0 Å². The lowest BCUT2D eigenvalue weighted by Gasteiger charge is -2.14. The lowest BCUT2D eigenvalue weighted by Crippen LogP contribution is -2.14. The zero-order valence-electron chi connectivity index (χ0n) is 16.7. The van der Waals surface area contributed by atoms with E-state index in [-0.39, 0.29) is 11.7 Å². The van der Waals surface area contributed by atoms with Crippen molar-refractivity contribution in [2.45, 2.75) is 24.8 Å². The lowest BCUT2D eigenvalue weighted by molar-refractivity contribution is 0.466. The highest BCUT2D eigenvalue weighted by Gasteiger charge is 2.18. The van der Waals surface area contributed by atoms with Crippen LogP contribution in [0.3, 0.4) is 0 Å². The minimum Gasteiger partial charge on any atom is -0.464 e. The van der Waals surface area contributed by atoms with Crippen molar-refractivity contribution < 1.29 is 21.6 Å². The zero-order chi connectivity index (χ0) is 22.2. The van der Waals surface area contributed by atoms with Crippen LogP contribution in [0.5, 0.6) is 0 Å². The van der Waals surface area contributed by atoms with Crippen molar-refractivity contribution in [2.75, 3.05) is 10.0 Å². The molecule has 0 aliphatic rings. The number of aromatic nitrogens is 1. The minimum absolute atomic E-state index is 0.122. The molecule has 2 aromatic heterocycles. The Morgan fingerprint density at radius 1 is 1.00 bits per heavy atom. The second kappa shape index (κ2) is 7.99. The van der Waals surface area contributed by atoms with Gasteiger partial charge in [0.05, 0.1) is 22.1 Å². The molecule has 0 saturated heterocycles. The van der Waals surface area contributed by atoms with E-state index in [1.165, 1.54) is 0 Å². The zero-order valence-corrected chi connectivity index (χ0v) is 17.5. The molecule has 6 nitrogen and oxygen atoms in total. The van der Waals surface area contributed by atoms with Crippen LogP contribution in [-0.2, 0) is 10.0 Å². The first-order valence-electron chi connectivity index (χ1n) is 9.43. The molecule has 2 N–H and O–H groups in total. The van der Waals surface area contributed by atoms with Crippen molar-refractivity contribution in [2.24, 2.45) is 0 Å². The number of benzene rings is 2. The van der Waals surface area contributed by atoms with Gasteiger partial charge in [0.25, 0.3) is 10.0 Å². The summed E-state index contributed by atoms with van der Waals surface area (Å²) < 4.78 is 60.2. The third-order valence-electron chi connectivity index (χ3n) is 4.67. The minimum atomic E-state index is -4.20. The third-order valence-corrected chi connectivity index (χ3v) is 6.02. The number of nitrogens with one attached hydrogen (secondary N) is 2. The van der Waals surface area contributed by atoms with Crippen molar-refractivity contribution in [1.82, 2.24) is 4.98 Å². The average molecular weight is 443 g/mol. The van der Waals surface area contributed by atoms with Gasteiger partial charge in [-0.3, -0.25) is 4.72 Å². The van der Waals surface area contributed by atoms with Crippen LogP contribution in [0.25, 0.3) is 10.9 Å². The van der Waals surface area contributed by atoms with E-state index in [4.69, 9.17) is 4.42 Å². The fourth-order valence-corrected chi connectivity index (χ4v) is 4.31. The maximum Gasteiger partial charge on any atom is 0.262 e. The molecule has 4 aromatic rings. The van der Waals surface area contributed by atoms with Gasteiger partial charge in [-0.05, 0) is 62.4 Å². The summed E-state index contributed by atoms with van der Waals surface area (Å²) in [6.45, 7) is 3.80. The van der Waals surface area contributed by atoms with Gasteiger partial charge < -0.3 is 9.73 Å². The second-order valence-electron chi connectivity index (χ2n) is 7.09. The maximum absolute atomic E-state index is 13.5. The van der Waals surface area contributed by atoms with Crippen LogP contribution in [0.15, 0.2) is 70.0 Å². The molecule has 2 heterocycles. The summed E-state index contributed by atoms with van der Waals surface area (Å²) in [5.74, 6) is 0.211. The van der Waals surface area contributed by atoms with Gasteiger partial charge in [0.15, 0.2) is 0 Å². The Labute approximate surface area is 178 Å². The fourth-order valence-electron chi connectivity index (χ4n) is 3.19. The molecule has 9 heteroatoms. The number of nitrogens with zero attached hydrogens (tertiary/aromatic N) is 1. The Balaban J connectivity index is 1.62. The van der Waals surface area contributed by atoms with Gasteiger partial charge in [0.1, 0.15) is 29.0 Å². The number of sulfonamides is 1. The van der Waals surface area contributed by atoms with E-state index in [9.17, 15) is 17.2 Å². The molecule has 0 fully saturated rings. The topological polar surface area (TPSA) is 84.2 Å². The molecule has 1 atom stereocenters. The first-order chi connectivity index (χ1) is 14.7. The van der Waals surface area contributed by atoms with Crippen molar-refractivity contribution in [3.8, 4) is 0 Å². The van der Waals surface area contributed by atoms with Gasteiger partial charge in [-0.25, -0.2) is 22.2 Å². The largest absolute Gasteiger partial charge is 0.464 e. The first kappa shape index (κ1) is 20.8. The first-order valence-corrected chi connectivity index (χ1v) is 10.9. The summed E-state index contributed by atoms with van der Waals surface area (Å²) in [5.41, 5.74) is 0.786. The van der Waals surface area contributed by atoms with E-state index < -0.39 is 26.6 Å². The van der Waals surface area contributed by atoms with Gasteiger partial charge >= 0.3 is 0 Å². The second-order valence-corrected chi connectivity index (χ2v) is 8.78. The van der Waals surface area contributed by atoms with E-state index in [0.29, 0.717) is 22.8 Å². The molecule has 0 aliphatic carbocycles. The number of pyridine rings is 1. The molecule has 0 spiro atoms. The maximum atomic E-state index is 13.5. The van der Waals surface area contributed by atoms with Crippen LogP contribution in [-0.4, -0.2) is 13.4 Å². The Bertz CT molecular complexity index is 1350. The molecule has 1 unspecified atom stereocenters. The predicted octanol–water partition coefficient (Wildman–Crippen LogP) is 5.39. The number of anilines is 2. The van der Waals surface area contributed by atoms with E-state index in [1.807, 2.05) is 26.0 Å². The molecular weight excluding hydrogens is 424 g/mol. The van der Waals surface area contributed by atoms with Gasteiger partial charge in [-0.2, -0.15) is 0 Å². The Kier molecular flexibility index (Phi) is 5.36. The molecular formula is C22H19F2N3O3S. The monoisotopic (exact) mass is 443 g/mol. The van der Waals surface area contributed by atoms with Crippen LogP contribution in [0.1, 0.15) is 24.5 Å². The van der Waals surface area contributed by atoms with Crippen LogP contribution in [0, 0.1) is 18.6 Å². The average Bonchev–Trinajstić information content (AvgIpc) is 3.13. The summed E-state index contributed by atoms with van der Waals surface area (Å²) in [5, 5.41) is 3.78. The summed E-state index contributed by atoms with van der Waals surface area (Å²) in [4.78, 5) is 4.03. The predicted molar refractivity (Wildman–Crippen MR) is 114 cm³/mol. The summed E-state index contributed by atoms with van der Waals surface area (Å²) in [7, 11) is -4.20. The smallest absolute Gasteiger partial charge is 0.262 e. The molecule has 0 aliphatic heterocycles. The molecule has 2 aromatic carbocycles. The summed E-state index contributed by atoms with van der Waals surface area (Å²) in [6, 6.07) is 14.1. The standard InChI is InChI=1S/C22H19F2N3O3S/c1-13-6-8-21(30-13)14(2)25-22-9-7-18-19(26-22)4-3-5-20(18)27-31(28,29)17-11-15(23)10-16(24)12-17/h3-12,14,27H,1-2H3,(H,25,26). The number of fused-ring (bicyclic) bond motifs is 1. The molecule has 0 radical (unpaired) electrons. The number of aryl methyl sites for hydroxylation is 1. The Morgan fingerprint density at radius 3 is 2.42 bits per heavy atom. The van der Waals surface area contributed by atoms with E-state index >= 15 is 0 Å². The van der Waals surface area contributed by atoms with Gasteiger partial charge in [-0.15, -0.1) is 0 Å². The third kappa shape index (κ3) is 4.51. The van der Waals surface area contributed by atoms with Crippen LogP contribution >= 0.6 is 0 Å². The van der Waals surface area contributed by atoms with Crippen molar-refractivity contribution >= 4 is 32.4 Å². The van der Waals surface area contributed by atoms with E-state index in [2.05, 4.69) is 15.0 Å². The molecule has 0 saturated carbocycles. The normalized spacial score (nSPS) is 12.6. The van der Waals surface area contributed by atoms with Gasteiger partial charge in [-0.1, -0.05) is 6.07 Å². The molecule has 0 amide bonds. The molecule has 4 rings (SSSR count). The Hall–Kier alpha value is -3.46. The molecule has 160 valence electrons. The highest BCUT2D eigenvalue weighted by atomic mass is 32.2. The van der Waals surface area contributed by atoms with Crippen LogP contribution in [0.4, 0.5) is 20.3 Å². The SMILES string of the molecule is Cc1ccc(C(C)Nc2ccc3c(NS(=O)(=O)c4cc(F)cc(F)c4)cccc3n2)o1. The van der Waals surface area contributed by atoms with Crippen molar-refractivity contribution in [3.63, 3.8) is 0 Å². The Morgan fingerprint density at radius 2 is 1.74 bits per heavy atom. The van der Waals surface area contributed by atoms with Crippen molar-refractivity contribution in [1.29, 1.82) is 0 Å². The molecule has 31 heavy (non-hydrogen) atoms. The number of hydrogen-bond donors (Lipinski definition) is 2. The highest BCUT2D eigenvalue weighted by molar-refractivity contribution is 7.92. The number of rotatable bonds is 6. The van der Waals surface area contributed by atoms with E-state index in [0.717, 1.165) is 23.7 Å².